The molecular formula is C18H23N3O. The zero-order valence-electron chi connectivity index (χ0n) is 13.8. The van der Waals surface area contributed by atoms with Crippen LogP contribution in [0.15, 0.2) is 23.2 Å². The number of aryl methyl sites for hydroxylation is 1. The zero-order valence-corrected chi connectivity index (χ0v) is 13.8. The van der Waals surface area contributed by atoms with Gasteiger partial charge in [0.2, 0.25) is 6.08 Å². The Bertz CT molecular complexity index is 754. The van der Waals surface area contributed by atoms with E-state index < -0.39 is 0 Å². The van der Waals surface area contributed by atoms with Crippen LogP contribution in [-0.4, -0.2) is 15.6 Å². The summed E-state index contributed by atoms with van der Waals surface area (Å²) in [4.78, 5) is 19.9. The molecule has 3 rings (SSSR count). The molecule has 22 heavy (non-hydrogen) atoms. The Balaban J connectivity index is 2.16. The molecular weight excluding hydrogens is 274 g/mol. The minimum Gasteiger partial charge on any atom is -0.331 e. The van der Waals surface area contributed by atoms with E-state index in [1.54, 1.807) is 6.08 Å². The maximum Gasteiger partial charge on any atom is 0.235 e. The fourth-order valence-electron chi connectivity index (χ4n) is 3.67. The Morgan fingerprint density at radius 1 is 1.27 bits per heavy atom. The van der Waals surface area contributed by atoms with Crippen LogP contribution in [-0.2, 0) is 22.8 Å². The molecule has 1 heterocycles. The number of isocyanates is 1. The van der Waals surface area contributed by atoms with Crippen molar-refractivity contribution in [2.75, 3.05) is 0 Å². The molecule has 0 radical (unpaired) electrons. The number of hydrogen-bond donors (Lipinski definition) is 0. The Hall–Kier alpha value is -1.93. The number of aromatic nitrogens is 2. The lowest BCUT2D eigenvalue weighted by molar-refractivity contribution is 0.456. The molecule has 1 fully saturated rings. The standard InChI is InChI=1S/C18H23N3O/c1-17(2,3)16-20-14-11-13(7-8-15(14)21(16)4)18(19-12-22)9-5-6-10-18/h7-8,11H,5-6,9-10H2,1-4H3. The molecule has 1 aromatic carbocycles. The Morgan fingerprint density at radius 3 is 2.55 bits per heavy atom. The molecule has 0 bridgehead atoms. The minimum atomic E-state index is -0.380. The van der Waals surface area contributed by atoms with E-state index in [1.165, 1.54) is 0 Å². The molecule has 0 spiro atoms. The molecule has 1 aliphatic carbocycles. The fourth-order valence-corrected chi connectivity index (χ4v) is 3.67. The molecule has 1 saturated carbocycles. The van der Waals surface area contributed by atoms with Gasteiger partial charge in [-0.05, 0) is 30.5 Å². The number of benzene rings is 1. The van der Waals surface area contributed by atoms with E-state index in [2.05, 4.69) is 55.6 Å². The largest absolute Gasteiger partial charge is 0.331 e. The predicted molar refractivity (Wildman–Crippen MR) is 87.7 cm³/mol. The van der Waals surface area contributed by atoms with Crippen molar-refractivity contribution in [2.45, 2.75) is 57.4 Å². The van der Waals surface area contributed by atoms with Gasteiger partial charge in [-0.3, -0.25) is 0 Å². The molecule has 0 saturated heterocycles. The van der Waals surface area contributed by atoms with Gasteiger partial charge in [0.05, 0.1) is 16.6 Å². The van der Waals surface area contributed by atoms with Gasteiger partial charge < -0.3 is 4.57 Å². The monoisotopic (exact) mass is 297 g/mol. The lowest BCUT2D eigenvalue weighted by Gasteiger charge is -2.22. The molecule has 0 amide bonds. The molecule has 2 aromatic rings. The summed E-state index contributed by atoms with van der Waals surface area (Å²) in [5.41, 5.74) is 2.82. The van der Waals surface area contributed by atoms with Crippen LogP contribution in [0.2, 0.25) is 0 Å². The highest BCUT2D eigenvalue weighted by Crippen LogP contribution is 2.43. The average molecular weight is 297 g/mol. The Morgan fingerprint density at radius 2 is 1.95 bits per heavy atom. The highest BCUT2D eigenvalue weighted by Gasteiger charge is 2.36. The first-order valence-corrected chi connectivity index (χ1v) is 7.94. The van der Waals surface area contributed by atoms with Crippen LogP contribution < -0.4 is 0 Å². The summed E-state index contributed by atoms with van der Waals surface area (Å²) in [6.45, 7) is 6.51. The lowest BCUT2D eigenvalue weighted by Crippen LogP contribution is -2.18. The molecule has 0 unspecified atom stereocenters. The molecule has 0 N–H and O–H groups in total. The third kappa shape index (κ3) is 2.28. The van der Waals surface area contributed by atoms with Crippen LogP contribution in [0, 0.1) is 0 Å². The minimum absolute atomic E-state index is 0.0000714. The van der Waals surface area contributed by atoms with E-state index in [4.69, 9.17) is 4.98 Å². The van der Waals surface area contributed by atoms with Crippen LogP contribution in [0.25, 0.3) is 11.0 Å². The SMILES string of the molecule is Cn1c(C(C)(C)C)nc2cc(C3(N=C=O)CCCC3)ccc21. The summed E-state index contributed by atoms with van der Waals surface area (Å²) in [7, 11) is 2.06. The number of aliphatic imine (C=N–C) groups is 1. The van der Waals surface area contributed by atoms with Crippen LogP contribution in [0.1, 0.15) is 57.8 Å². The molecule has 4 nitrogen and oxygen atoms in total. The maximum absolute atomic E-state index is 10.9. The molecule has 1 aliphatic rings. The number of imidazole rings is 1. The van der Waals surface area contributed by atoms with Crippen molar-refractivity contribution in [1.82, 2.24) is 9.55 Å². The predicted octanol–water partition coefficient (Wildman–Crippen LogP) is 3.98. The first kappa shape index (κ1) is 15.0. The van der Waals surface area contributed by atoms with Gasteiger partial charge in [0.15, 0.2) is 0 Å². The topological polar surface area (TPSA) is 47.2 Å². The van der Waals surface area contributed by atoms with Crippen molar-refractivity contribution in [3.8, 4) is 0 Å². The molecule has 4 heteroatoms. The number of hydrogen-bond acceptors (Lipinski definition) is 3. The number of fused-ring (bicyclic) bond motifs is 1. The van der Waals surface area contributed by atoms with Gasteiger partial charge in [-0.2, -0.15) is 4.99 Å². The van der Waals surface area contributed by atoms with Gasteiger partial charge in [0.25, 0.3) is 0 Å². The van der Waals surface area contributed by atoms with E-state index in [9.17, 15) is 4.79 Å². The number of carbonyl (C=O) groups excluding carboxylic acids is 1. The maximum atomic E-state index is 10.9. The third-order valence-electron chi connectivity index (χ3n) is 4.78. The van der Waals surface area contributed by atoms with Crippen molar-refractivity contribution >= 4 is 17.1 Å². The van der Waals surface area contributed by atoms with Gasteiger partial charge in [-0.25, -0.2) is 9.78 Å². The quantitative estimate of drug-likeness (QED) is 0.622. The summed E-state index contributed by atoms with van der Waals surface area (Å²) in [6, 6.07) is 6.31. The second-order valence-corrected chi connectivity index (χ2v) is 7.39. The van der Waals surface area contributed by atoms with Gasteiger partial charge in [0.1, 0.15) is 5.82 Å². The van der Waals surface area contributed by atoms with E-state index in [0.717, 1.165) is 48.1 Å². The molecule has 1 aromatic heterocycles. The summed E-state index contributed by atoms with van der Waals surface area (Å²) >= 11 is 0. The smallest absolute Gasteiger partial charge is 0.235 e. The fraction of sp³-hybridized carbons (Fsp3) is 0.556. The second-order valence-electron chi connectivity index (χ2n) is 7.39. The molecule has 0 aliphatic heterocycles. The number of rotatable bonds is 2. The molecule has 0 atom stereocenters. The van der Waals surface area contributed by atoms with Gasteiger partial charge >= 0.3 is 0 Å². The van der Waals surface area contributed by atoms with Gasteiger partial charge in [-0.15, -0.1) is 0 Å². The summed E-state index contributed by atoms with van der Waals surface area (Å²) < 4.78 is 2.16. The van der Waals surface area contributed by atoms with E-state index in [1.807, 2.05) is 0 Å². The summed E-state index contributed by atoms with van der Waals surface area (Å²) in [6.07, 6.45) is 5.85. The number of nitrogens with zero attached hydrogens (tertiary/aromatic N) is 3. The van der Waals surface area contributed by atoms with Gasteiger partial charge in [-0.1, -0.05) is 39.7 Å². The van der Waals surface area contributed by atoms with E-state index >= 15 is 0 Å². The third-order valence-corrected chi connectivity index (χ3v) is 4.78. The second kappa shape index (κ2) is 5.06. The first-order chi connectivity index (χ1) is 10.4. The molecule has 116 valence electrons. The average Bonchev–Trinajstić information content (AvgIpc) is 3.04. The first-order valence-electron chi connectivity index (χ1n) is 7.94. The van der Waals surface area contributed by atoms with E-state index in [0.29, 0.717) is 0 Å². The van der Waals surface area contributed by atoms with Crippen molar-refractivity contribution in [3.63, 3.8) is 0 Å². The van der Waals surface area contributed by atoms with Crippen molar-refractivity contribution in [1.29, 1.82) is 0 Å². The Kier molecular flexibility index (Phi) is 3.45. The summed E-state index contributed by atoms with van der Waals surface area (Å²) in [5.74, 6) is 1.07. The van der Waals surface area contributed by atoms with Crippen molar-refractivity contribution < 1.29 is 4.79 Å². The van der Waals surface area contributed by atoms with Crippen LogP contribution in [0.5, 0.6) is 0 Å². The van der Waals surface area contributed by atoms with Crippen molar-refractivity contribution in [3.05, 3.63) is 29.6 Å². The zero-order chi connectivity index (χ0) is 16.0. The Labute approximate surface area is 131 Å². The van der Waals surface area contributed by atoms with Gasteiger partial charge in [0, 0.05) is 12.5 Å². The lowest BCUT2D eigenvalue weighted by atomic mass is 9.89. The van der Waals surface area contributed by atoms with Crippen LogP contribution >= 0.6 is 0 Å². The van der Waals surface area contributed by atoms with Crippen LogP contribution in [0.3, 0.4) is 0 Å². The normalized spacial score (nSPS) is 17.6. The van der Waals surface area contributed by atoms with Crippen LogP contribution in [0.4, 0.5) is 0 Å². The highest BCUT2D eigenvalue weighted by molar-refractivity contribution is 5.77. The van der Waals surface area contributed by atoms with Crippen molar-refractivity contribution in [2.24, 2.45) is 12.0 Å². The highest BCUT2D eigenvalue weighted by atomic mass is 16.1. The summed E-state index contributed by atoms with van der Waals surface area (Å²) in [5, 5.41) is 0. The van der Waals surface area contributed by atoms with E-state index in [-0.39, 0.29) is 11.0 Å².